The number of hydrogen-bond donors (Lipinski definition) is 1. The maximum absolute atomic E-state index is 7.26. The van der Waals surface area contributed by atoms with E-state index in [1.54, 1.807) is 0 Å². The van der Waals surface area contributed by atoms with Crippen LogP contribution in [0, 0.1) is 5.41 Å². The van der Waals surface area contributed by atoms with Gasteiger partial charge in [-0.2, -0.15) is 0 Å². The van der Waals surface area contributed by atoms with Crippen molar-refractivity contribution in [1.29, 1.82) is 5.41 Å². The standard InChI is InChI=1S/C15H11N/c16-10-11-5-8-15-13(9-11)7-6-12-3-1-2-4-14(12)15/h1-10,16H. The Morgan fingerprint density at radius 3 is 2.38 bits per heavy atom. The van der Waals surface area contributed by atoms with Crippen molar-refractivity contribution in [2.75, 3.05) is 0 Å². The van der Waals surface area contributed by atoms with Gasteiger partial charge < -0.3 is 5.41 Å². The van der Waals surface area contributed by atoms with Gasteiger partial charge in [0.1, 0.15) is 0 Å². The largest absolute Gasteiger partial charge is 0.308 e. The van der Waals surface area contributed by atoms with Gasteiger partial charge in [0.25, 0.3) is 0 Å². The van der Waals surface area contributed by atoms with Crippen LogP contribution < -0.4 is 0 Å². The van der Waals surface area contributed by atoms with Gasteiger partial charge >= 0.3 is 0 Å². The number of fused-ring (bicyclic) bond motifs is 3. The molecule has 0 aliphatic rings. The third kappa shape index (κ3) is 1.29. The van der Waals surface area contributed by atoms with Crippen LogP contribution in [0.5, 0.6) is 0 Å². The van der Waals surface area contributed by atoms with Gasteiger partial charge in [-0.05, 0) is 33.2 Å². The summed E-state index contributed by atoms with van der Waals surface area (Å²) in [6.07, 6.45) is 1.38. The van der Waals surface area contributed by atoms with Crippen LogP contribution in [-0.4, -0.2) is 6.21 Å². The molecule has 0 spiro atoms. The van der Waals surface area contributed by atoms with Gasteiger partial charge in [-0.15, -0.1) is 0 Å². The predicted octanol–water partition coefficient (Wildman–Crippen LogP) is 3.99. The molecule has 3 aromatic carbocycles. The maximum atomic E-state index is 7.26. The molecule has 0 aliphatic heterocycles. The van der Waals surface area contributed by atoms with Gasteiger partial charge in [0.15, 0.2) is 0 Å². The van der Waals surface area contributed by atoms with Crippen molar-refractivity contribution in [3.63, 3.8) is 0 Å². The molecule has 0 saturated heterocycles. The molecule has 3 rings (SSSR count). The highest BCUT2D eigenvalue weighted by Gasteiger charge is 1.99. The van der Waals surface area contributed by atoms with Gasteiger partial charge in [0.2, 0.25) is 0 Å². The third-order valence-electron chi connectivity index (χ3n) is 2.94. The van der Waals surface area contributed by atoms with Crippen molar-refractivity contribution in [1.82, 2.24) is 0 Å². The minimum atomic E-state index is 0.947. The van der Waals surface area contributed by atoms with Gasteiger partial charge in [0, 0.05) is 6.21 Å². The van der Waals surface area contributed by atoms with E-state index < -0.39 is 0 Å². The van der Waals surface area contributed by atoms with E-state index in [1.165, 1.54) is 27.8 Å². The highest BCUT2D eigenvalue weighted by atomic mass is 14.3. The zero-order valence-electron chi connectivity index (χ0n) is 8.77. The Balaban J connectivity index is 2.47. The van der Waals surface area contributed by atoms with Crippen LogP contribution in [0.25, 0.3) is 21.5 Å². The molecule has 0 fully saturated rings. The quantitative estimate of drug-likeness (QED) is 0.459. The van der Waals surface area contributed by atoms with Crippen LogP contribution in [0.1, 0.15) is 5.56 Å². The van der Waals surface area contributed by atoms with E-state index in [-0.39, 0.29) is 0 Å². The fourth-order valence-corrected chi connectivity index (χ4v) is 2.12. The molecule has 0 atom stereocenters. The lowest BCUT2D eigenvalue weighted by molar-refractivity contribution is 1.55. The van der Waals surface area contributed by atoms with Crippen LogP contribution >= 0.6 is 0 Å². The monoisotopic (exact) mass is 205 g/mol. The first-order valence-corrected chi connectivity index (χ1v) is 5.30. The fourth-order valence-electron chi connectivity index (χ4n) is 2.12. The SMILES string of the molecule is N=Cc1ccc2c(ccc3ccccc32)c1. The molecule has 0 saturated carbocycles. The molecule has 0 heterocycles. The molecule has 0 unspecified atom stereocenters. The summed E-state index contributed by atoms with van der Waals surface area (Å²) < 4.78 is 0. The minimum Gasteiger partial charge on any atom is -0.308 e. The number of hydrogen-bond acceptors (Lipinski definition) is 1. The average Bonchev–Trinajstić information content (AvgIpc) is 2.38. The smallest absolute Gasteiger partial charge is 0.0250 e. The first kappa shape index (κ1) is 9.10. The summed E-state index contributed by atoms with van der Waals surface area (Å²) in [4.78, 5) is 0. The zero-order chi connectivity index (χ0) is 11.0. The van der Waals surface area contributed by atoms with E-state index >= 15 is 0 Å². The Labute approximate surface area is 93.8 Å². The van der Waals surface area contributed by atoms with E-state index in [2.05, 4.69) is 48.5 Å². The highest BCUT2D eigenvalue weighted by Crippen LogP contribution is 2.25. The van der Waals surface area contributed by atoms with Crippen LogP contribution in [0.3, 0.4) is 0 Å². The van der Waals surface area contributed by atoms with Crippen molar-refractivity contribution in [3.8, 4) is 0 Å². The lowest BCUT2D eigenvalue weighted by atomic mass is 10.0. The molecule has 0 bridgehead atoms. The van der Waals surface area contributed by atoms with Gasteiger partial charge in [-0.3, -0.25) is 0 Å². The van der Waals surface area contributed by atoms with Crippen LogP contribution in [0.15, 0.2) is 54.6 Å². The summed E-state index contributed by atoms with van der Waals surface area (Å²) in [6, 6.07) is 18.8. The lowest BCUT2D eigenvalue weighted by Crippen LogP contribution is -1.81. The topological polar surface area (TPSA) is 23.9 Å². The highest BCUT2D eigenvalue weighted by molar-refractivity contribution is 6.08. The Morgan fingerprint density at radius 1 is 0.750 bits per heavy atom. The second-order valence-electron chi connectivity index (χ2n) is 3.91. The van der Waals surface area contributed by atoms with E-state index in [0.717, 1.165) is 5.56 Å². The number of rotatable bonds is 1. The molecule has 1 N–H and O–H groups in total. The lowest BCUT2D eigenvalue weighted by Gasteiger charge is -2.04. The minimum absolute atomic E-state index is 0.947. The Morgan fingerprint density at radius 2 is 1.50 bits per heavy atom. The molecule has 1 nitrogen and oxygen atoms in total. The van der Waals surface area contributed by atoms with E-state index in [1.807, 2.05) is 6.07 Å². The Kier molecular flexibility index (Phi) is 1.97. The average molecular weight is 205 g/mol. The third-order valence-corrected chi connectivity index (χ3v) is 2.94. The molecular weight excluding hydrogens is 194 g/mol. The predicted molar refractivity (Wildman–Crippen MR) is 69.3 cm³/mol. The maximum Gasteiger partial charge on any atom is 0.0250 e. The molecule has 16 heavy (non-hydrogen) atoms. The Hall–Kier alpha value is -2.15. The number of nitrogens with one attached hydrogen (secondary N) is 1. The van der Waals surface area contributed by atoms with E-state index in [0.29, 0.717) is 0 Å². The van der Waals surface area contributed by atoms with E-state index in [4.69, 9.17) is 5.41 Å². The first-order chi connectivity index (χ1) is 7.88. The normalized spacial score (nSPS) is 10.8. The van der Waals surface area contributed by atoms with Crippen molar-refractivity contribution >= 4 is 27.8 Å². The van der Waals surface area contributed by atoms with Gasteiger partial charge in [-0.1, -0.05) is 48.5 Å². The second kappa shape index (κ2) is 3.46. The summed E-state index contributed by atoms with van der Waals surface area (Å²) >= 11 is 0. The molecule has 3 aromatic rings. The summed E-state index contributed by atoms with van der Waals surface area (Å²) in [5.41, 5.74) is 0.947. The van der Waals surface area contributed by atoms with Crippen LogP contribution in [0.2, 0.25) is 0 Å². The first-order valence-electron chi connectivity index (χ1n) is 5.30. The van der Waals surface area contributed by atoms with Gasteiger partial charge in [-0.25, -0.2) is 0 Å². The summed E-state index contributed by atoms with van der Waals surface area (Å²) in [6.45, 7) is 0. The summed E-state index contributed by atoms with van der Waals surface area (Å²) in [5, 5.41) is 12.2. The summed E-state index contributed by atoms with van der Waals surface area (Å²) in [5.74, 6) is 0. The molecule has 0 amide bonds. The molecule has 1 heteroatoms. The van der Waals surface area contributed by atoms with Crippen LogP contribution in [-0.2, 0) is 0 Å². The van der Waals surface area contributed by atoms with Crippen molar-refractivity contribution in [2.45, 2.75) is 0 Å². The zero-order valence-corrected chi connectivity index (χ0v) is 8.77. The molecule has 0 aromatic heterocycles. The van der Waals surface area contributed by atoms with Crippen molar-refractivity contribution < 1.29 is 0 Å². The molecular formula is C15H11N. The Bertz CT molecular complexity index is 683. The van der Waals surface area contributed by atoms with Crippen molar-refractivity contribution in [2.24, 2.45) is 0 Å². The number of benzene rings is 3. The fraction of sp³-hybridized carbons (Fsp3) is 0. The van der Waals surface area contributed by atoms with Crippen LogP contribution in [0.4, 0.5) is 0 Å². The second-order valence-corrected chi connectivity index (χ2v) is 3.91. The molecule has 76 valence electrons. The molecule has 0 radical (unpaired) electrons. The molecule has 0 aliphatic carbocycles. The van der Waals surface area contributed by atoms with E-state index in [9.17, 15) is 0 Å². The van der Waals surface area contributed by atoms with Crippen molar-refractivity contribution in [3.05, 3.63) is 60.2 Å². The summed E-state index contributed by atoms with van der Waals surface area (Å²) in [7, 11) is 0. The van der Waals surface area contributed by atoms with Gasteiger partial charge in [0.05, 0.1) is 0 Å².